The molecule has 2 rings (SSSR count). The number of rotatable bonds is 3. The Labute approximate surface area is 99.9 Å². The Bertz CT molecular complexity index is 503. The second kappa shape index (κ2) is 4.57. The lowest BCUT2D eigenvalue weighted by atomic mass is 10.3. The summed E-state index contributed by atoms with van der Waals surface area (Å²) < 4.78 is 20.4. The number of nitrogens with zero attached hydrogens (tertiary/aromatic N) is 2. The fourth-order valence-electron chi connectivity index (χ4n) is 1.74. The quantitative estimate of drug-likeness (QED) is 0.809. The molecule has 17 heavy (non-hydrogen) atoms. The normalized spacial score (nSPS) is 10.9. The average Bonchev–Trinajstić information content (AvgIpc) is 2.63. The van der Waals surface area contributed by atoms with Crippen molar-refractivity contribution in [3.8, 4) is 11.8 Å². The summed E-state index contributed by atoms with van der Waals surface area (Å²) in [6.07, 6.45) is 1.76. The van der Waals surface area contributed by atoms with Crippen LogP contribution in [0.3, 0.4) is 0 Å². The van der Waals surface area contributed by atoms with E-state index in [1.54, 1.807) is 18.3 Å². The van der Waals surface area contributed by atoms with Gasteiger partial charge in [-0.15, -0.1) is 0 Å². The Kier molecular flexibility index (Phi) is 3.13. The van der Waals surface area contributed by atoms with Crippen molar-refractivity contribution in [3.05, 3.63) is 42.0 Å². The van der Waals surface area contributed by atoms with Crippen LogP contribution in [0.15, 0.2) is 30.5 Å². The fourth-order valence-corrected chi connectivity index (χ4v) is 1.74. The van der Waals surface area contributed by atoms with Crippen molar-refractivity contribution in [1.82, 2.24) is 9.55 Å². The highest BCUT2D eigenvalue weighted by Gasteiger charge is 2.11. The monoisotopic (exact) mass is 234 g/mol. The van der Waals surface area contributed by atoms with Gasteiger partial charge in [0, 0.05) is 11.7 Å². The molecule has 0 saturated carbocycles. The van der Waals surface area contributed by atoms with Crippen LogP contribution in [0.2, 0.25) is 0 Å². The van der Waals surface area contributed by atoms with E-state index >= 15 is 0 Å². The number of hydrogen-bond acceptors (Lipinski definition) is 2. The van der Waals surface area contributed by atoms with Gasteiger partial charge in [-0.25, -0.2) is 9.37 Å². The summed E-state index contributed by atoms with van der Waals surface area (Å²) in [4.78, 5) is 4.20. The highest BCUT2D eigenvalue weighted by atomic mass is 19.1. The minimum Gasteiger partial charge on any atom is -0.426 e. The maximum absolute atomic E-state index is 12.8. The molecule has 1 aromatic carbocycles. The van der Waals surface area contributed by atoms with Gasteiger partial charge >= 0.3 is 6.01 Å². The SMILES string of the molecule is Cc1cnc(Oc2ccc(F)cc2)n1C(C)C. The molecule has 0 bridgehead atoms. The number of benzene rings is 1. The molecule has 0 aliphatic heterocycles. The average molecular weight is 234 g/mol. The summed E-state index contributed by atoms with van der Waals surface area (Å²) in [7, 11) is 0. The molecule has 0 fully saturated rings. The molecule has 0 spiro atoms. The molecule has 0 aliphatic carbocycles. The van der Waals surface area contributed by atoms with Gasteiger partial charge in [0.15, 0.2) is 0 Å². The minimum atomic E-state index is -0.277. The number of ether oxygens (including phenoxy) is 1. The maximum Gasteiger partial charge on any atom is 0.302 e. The topological polar surface area (TPSA) is 27.1 Å². The maximum atomic E-state index is 12.8. The van der Waals surface area contributed by atoms with Gasteiger partial charge in [-0.2, -0.15) is 0 Å². The van der Waals surface area contributed by atoms with Crippen molar-refractivity contribution in [1.29, 1.82) is 0 Å². The van der Waals surface area contributed by atoms with Gasteiger partial charge < -0.3 is 4.74 Å². The van der Waals surface area contributed by atoms with Crippen molar-refractivity contribution in [2.24, 2.45) is 0 Å². The Balaban J connectivity index is 2.27. The summed E-state index contributed by atoms with van der Waals surface area (Å²) in [5.41, 5.74) is 1.04. The predicted octanol–water partition coefficient (Wildman–Crippen LogP) is 3.70. The van der Waals surface area contributed by atoms with E-state index in [1.165, 1.54) is 12.1 Å². The molecule has 0 unspecified atom stereocenters. The van der Waals surface area contributed by atoms with Crippen LogP contribution in [0.1, 0.15) is 25.6 Å². The lowest BCUT2D eigenvalue weighted by molar-refractivity contribution is 0.392. The van der Waals surface area contributed by atoms with Crippen molar-refractivity contribution < 1.29 is 9.13 Å². The Hall–Kier alpha value is -1.84. The minimum absolute atomic E-state index is 0.271. The van der Waals surface area contributed by atoms with E-state index in [4.69, 9.17) is 4.74 Å². The van der Waals surface area contributed by atoms with E-state index < -0.39 is 0 Å². The van der Waals surface area contributed by atoms with Crippen LogP contribution < -0.4 is 4.74 Å². The van der Waals surface area contributed by atoms with Gasteiger partial charge in [0.25, 0.3) is 0 Å². The molecular weight excluding hydrogens is 219 g/mol. The van der Waals surface area contributed by atoms with E-state index in [1.807, 2.05) is 11.5 Å². The van der Waals surface area contributed by atoms with Gasteiger partial charge in [0.2, 0.25) is 0 Å². The van der Waals surface area contributed by atoms with Crippen LogP contribution in [-0.4, -0.2) is 9.55 Å². The number of imidazole rings is 1. The summed E-state index contributed by atoms with van der Waals surface area (Å²) in [6.45, 7) is 6.10. The second-order valence-electron chi connectivity index (χ2n) is 4.20. The lowest BCUT2D eigenvalue weighted by Gasteiger charge is -2.13. The smallest absolute Gasteiger partial charge is 0.302 e. The van der Waals surface area contributed by atoms with E-state index in [0.717, 1.165) is 5.69 Å². The molecule has 0 saturated heterocycles. The first-order chi connectivity index (χ1) is 8.08. The molecule has 0 radical (unpaired) electrons. The standard InChI is InChI=1S/C13H15FN2O/c1-9(2)16-10(3)8-15-13(16)17-12-6-4-11(14)5-7-12/h4-9H,1-3H3. The van der Waals surface area contributed by atoms with Gasteiger partial charge in [-0.3, -0.25) is 4.57 Å². The van der Waals surface area contributed by atoms with E-state index in [-0.39, 0.29) is 11.9 Å². The van der Waals surface area contributed by atoms with E-state index in [0.29, 0.717) is 11.8 Å². The second-order valence-corrected chi connectivity index (χ2v) is 4.20. The first-order valence-electron chi connectivity index (χ1n) is 5.55. The molecule has 0 N–H and O–H groups in total. The van der Waals surface area contributed by atoms with Crippen LogP contribution in [0, 0.1) is 12.7 Å². The molecule has 0 amide bonds. The van der Waals surface area contributed by atoms with Crippen LogP contribution in [0.4, 0.5) is 4.39 Å². The van der Waals surface area contributed by atoms with Gasteiger partial charge in [-0.1, -0.05) is 0 Å². The molecule has 4 heteroatoms. The third kappa shape index (κ3) is 2.46. The number of halogens is 1. The van der Waals surface area contributed by atoms with Crippen LogP contribution in [0.5, 0.6) is 11.8 Å². The molecule has 0 aliphatic rings. The molecule has 0 atom stereocenters. The Morgan fingerprint density at radius 1 is 1.24 bits per heavy atom. The lowest BCUT2D eigenvalue weighted by Crippen LogP contribution is -2.05. The molecule has 1 aromatic heterocycles. The molecule has 3 nitrogen and oxygen atoms in total. The Morgan fingerprint density at radius 2 is 1.88 bits per heavy atom. The molecule has 1 heterocycles. The molecular formula is C13H15FN2O. The molecule has 2 aromatic rings. The van der Waals surface area contributed by atoms with Gasteiger partial charge in [0.05, 0.1) is 6.20 Å². The van der Waals surface area contributed by atoms with Crippen molar-refractivity contribution in [2.45, 2.75) is 26.8 Å². The summed E-state index contributed by atoms with van der Waals surface area (Å²) >= 11 is 0. The van der Waals surface area contributed by atoms with Gasteiger partial charge in [0.1, 0.15) is 11.6 Å². The van der Waals surface area contributed by atoms with Crippen molar-refractivity contribution in [2.75, 3.05) is 0 Å². The van der Waals surface area contributed by atoms with Crippen LogP contribution in [-0.2, 0) is 0 Å². The zero-order chi connectivity index (χ0) is 12.4. The van der Waals surface area contributed by atoms with Gasteiger partial charge in [-0.05, 0) is 45.0 Å². The first kappa shape index (κ1) is 11.6. The Morgan fingerprint density at radius 3 is 2.47 bits per heavy atom. The summed E-state index contributed by atoms with van der Waals surface area (Å²) in [5.74, 6) is 0.305. The fraction of sp³-hybridized carbons (Fsp3) is 0.308. The zero-order valence-electron chi connectivity index (χ0n) is 10.1. The van der Waals surface area contributed by atoms with Crippen molar-refractivity contribution >= 4 is 0 Å². The highest BCUT2D eigenvalue weighted by molar-refractivity contribution is 5.26. The van der Waals surface area contributed by atoms with E-state index in [2.05, 4.69) is 18.8 Å². The van der Waals surface area contributed by atoms with Crippen LogP contribution >= 0.6 is 0 Å². The highest BCUT2D eigenvalue weighted by Crippen LogP contribution is 2.24. The third-order valence-electron chi connectivity index (χ3n) is 2.49. The first-order valence-corrected chi connectivity index (χ1v) is 5.55. The largest absolute Gasteiger partial charge is 0.426 e. The van der Waals surface area contributed by atoms with E-state index in [9.17, 15) is 4.39 Å². The summed E-state index contributed by atoms with van der Waals surface area (Å²) in [6, 6.07) is 6.71. The third-order valence-corrected chi connectivity index (χ3v) is 2.49. The number of aryl methyl sites for hydroxylation is 1. The number of hydrogen-bond donors (Lipinski definition) is 0. The number of aromatic nitrogens is 2. The predicted molar refractivity (Wildman–Crippen MR) is 63.8 cm³/mol. The van der Waals surface area contributed by atoms with Crippen molar-refractivity contribution in [3.63, 3.8) is 0 Å². The zero-order valence-corrected chi connectivity index (χ0v) is 10.1. The molecule has 90 valence electrons. The van der Waals surface area contributed by atoms with Crippen LogP contribution in [0.25, 0.3) is 0 Å². The summed E-state index contributed by atoms with van der Waals surface area (Å²) in [5, 5.41) is 0.